The molecule has 0 aliphatic carbocycles. The number of fused-ring (bicyclic) bond motifs is 2. The first-order valence-electron chi connectivity index (χ1n) is 7.86. The molecule has 2 heterocycles. The van der Waals surface area contributed by atoms with E-state index in [1.807, 2.05) is 0 Å². The normalized spacial score (nSPS) is 21.6. The van der Waals surface area contributed by atoms with Gasteiger partial charge in [0.2, 0.25) is 0 Å². The summed E-state index contributed by atoms with van der Waals surface area (Å²) in [6.45, 7) is 0.909. The molecule has 0 saturated heterocycles. The van der Waals surface area contributed by atoms with Crippen LogP contribution in [0, 0.1) is 0 Å². The van der Waals surface area contributed by atoms with Crippen LogP contribution >= 0.6 is 0 Å². The Balaban J connectivity index is 1.68. The van der Waals surface area contributed by atoms with Crippen molar-refractivity contribution in [2.24, 2.45) is 5.16 Å². The largest absolute Gasteiger partial charge is 0.486 e. The number of hydrogen-bond donors (Lipinski definition) is 3. The number of ether oxygens (including phenoxy) is 2. The Morgan fingerprint density at radius 3 is 2.72 bits per heavy atom. The van der Waals surface area contributed by atoms with Crippen LogP contribution in [0.25, 0.3) is 0 Å². The van der Waals surface area contributed by atoms with E-state index in [-0.39, 0.29) is 12.1 Å². The summed E-state index contributed by atoms with van der Waals surface area (Å²) in [5.74, 6) is 0.593. The zero-order valence-corrected chi connectivity index (χ0v) is 13.2. The molecule has 2 aromatic carbocycles. The van der Waals surface area contributed by atoms with Crippen molar-refractivity contribution in [1.29, 1.82) is 0 Å². The van der Waals surface area contributed by atoms with Gasteiger partial charge < -0.3 is 25.1 Å². The fraction of sp³-hybridized carbons (Fsp3) is 0.222. The molecule has 4 rings (SSSR count). The molecule has 7 nitrogen and oxygen atoms in total. The summed E-state index contributed by atoms with van der Waals surface area (Å²) in [6.07, 6.45) is -0.175. The van der Waals surface area contributed by atoms with Crippen molar-refractivity contribution in [2.75, 3.05) is 18.5 Å². The van der Waals surface area contributed by atoms with Gasteiger partial charge in [-0.25, -0.2) is 0 Å². The number of benzene rings is 2. The summed E-state index contributed by atoms with van der Waals surface area (Å²) in [4.78, 5) is 12.3. The third-order valence-corrected chi connectivity index (χ3v) is 4.42. The number of oxime groups is 1. The summed E-state index contributed by atoms with van der Waals surface area (Å²) in [5, 5.41) is 26.4. The molecule has 0 bridgehead atoms. The lowest BCUT2D eigenvalue weighted by atomic mass is 9.87. The maximum absolute atomic E-state index is 12.3. The Hall–Kier alpha value is -3.06. The van der Waals surface area contributed by atoms with Crippen LogP contribution in [0.4, 0.5) is 5.69 Å². The van der Waals surface area contributed by atoms with Crippen molar-refractivity contribution in [2.45, 2.75) is 12.0 Å². The molecule has 3 N–H and O–H groups in total. The van der Waals surface area contributed by atoms with Gasteiger partial charge in [0.25, 0.3) is 5.91 Å². The Labute approximate surface area is 143 Å². The number of aliphatic hydroxyl groups is 1. The van der Waals surface area contributed by atoms with Gasteiger partial charge in [0.1, 0.15) is 13.2 Å². The van der Waals surface area contributed by atoms with E-state index >= 15 is 0 Å². The van der Waals surface area contributed by atoms with E-state index in [1.54, 1.807) is 42.5 Å². The van der Waals surface area contributed by atoms with Crippen LogP contribution in [-0.4, -0.2) is 35.1 Å². The molecule has 25 heavy (non-hydrogen) atoms. The molecule has 2 aliphatic rings. The lowest BCUT2D eigenvalue weighted by Crippen LogP contribution is -2.36. The van der Waals surface area contributed by atoms with E-state index in [0.717, 1.165) is 0 Å². The molecule has 1 amide bonds. The Kier molecular flexibility index (Phi) is 3.58. The van der Waals surface area contributed by atoms with Crippen molar-refractivity contribution in [3.05, 3.63) is 53.6 Å². The van der Waals surface area contributed by atoms with Crippen LogP contribution in [-0.2, 0) is 10.4 Å². The van der Waals surface area contributed by atoms with Gasteiger partial charge >= 0.3 is 0 Å². The molecule has 0 aromatic heterocycles. The second-order valence-electron chi connectivity index (χ2n) is 5.94. The van der Waals surface area contributed by atoms with Crippen molar-refractivity contribution in [1.82, 2.24) is 0 Å². The highest BCUT2D eigenvalue weighted by Crippen LogP contribution is 2.39. The summed E-state index contributed by atoms with van der Waals surface area (Å²) in [5.41, 5.74) is -0.0809. The summed E-state index contributed by atoms with van der Waals surface area (Å²) in [6, 6.07) is 12.0. The lowest BCUT2D eigenvalue weighted by Gasteiger charge is -2.22. The molecule has 2 aromatic rings. The Morgan fingerprint density at radius 1 is 1.16 bits per heavy atom. The minimum atomic E-state index is -1.80. The molecular weight excluding hydrogens is 324 g/mol. The summed E-state index contributed by atoms with van der Waals surface area (Å²) < 4.78 is 11.0. The van der Waals surface area contributed by atoms with Crippen molar-refractivity contribution in [3.8, 4) is 11.5 Å². The van der Waals surface area contributed by atoms with Crippen LogP contribution in [0.15, 0.2) is 47.6 Å². The molecule has 1 unspecified atom stereocenters. The number of hydrogen-bond acceptors (Lipinski definition) is 6. The third kappa shape index (κ3) is 2.49. The van der Waals surface area contributed by atoms with E-state index in [0.29, 0.717) is 41.5 Å². The van der Waals surface area contributed by atoms with Crippen LogP contribution in [0.2, 0.25) is 0 Å². The molecule has 2 aliphatic heterocycles. The van der Waals surface area contributed by atoms with Gasteiger partial charge in [-0.05, 0) is 24.3 Å². The number of rotatable bonds is 3. The topological polar surface area (TPSA) is 100 Å². The van der Waals surface area contributed by atoms with Gasteiger partial charge in [-0.15, -0.1) is 0 Å². The number of amides is 1. The van der Waals surface area contributed by atoms with E-state index in [2.05, 4.69) is 10.5 Å². The number of carbonyl (C=O) groups excluding carboxylic acids is 1. The highest BCUT2D eigenvalue weighted by molar-refractivity contribution is 6.10. The number of para-hydroxylation sites is 1. The minimum absolute atomic E-state index is 0.173. The zero-order valence-electron chi connectivity index (χ0n) is 13.2. The molecule has 1 atom stereocenters. The Bertz CT molecular complexity index is 880. The van der Waals surface area contributed by atoms with Gasteiger partial charge in [0.05, 0.1) is 5.71 Å². The van der Waals surface area contributed by atoms with Crippen LogP contribution < -0.4 is 14.8 Å². The first-order chi connectivity index (χ1) is 12.1. The molecular formula is C18H16N2O5. The monoisotopic (exact) mass is 340 g/mol. The van der Waals surface area contributed by atoms with E-state index in [1.165, 1.54) is 0 Å². The quantitative estimate of drug-likeness (QED) is 0.450. The molecule has 0 radical (unpaired) electrons. The average Bonchev–Trinajstić information content (AvgIpc) is 2.90. The van der Waals surface area contributed by atoms with Crippen molar-refractivity contribution in [3.63, 3.8) is 0 Å². The van der Waals surface area contributed by atoms with Gasteiger partial charge in [-0.1, -0.05) is 23.4 Å². The van der Waals surface area contributed by atoms with Crippen molar-refractivity contribution >= 4 is 17.3 Å². The van der Waals surface area contributed by atoms with Gasteiger partial charge in [0, 0.05) is 23.2 Å². The smallest absolute Gasteiger partial charge is 0.261 e. The van der Waals surface area contributed by atoms with E-state index < -0.39 is 11.5 Å². The fourth-order valence-electron chi connectivity index (χ4n) is 3.14. The second-order valence-corrected chi connectivity index (χ2v) is 5.94. The highest BCUT2D eigenvalue weighted by atomic mass is 16.6. The van der Waals surface area contributed by atoms with E-state index in [4.69, 9.17) is 9.47 Å². The lowest BCUT2D eigenvalue weighted by molar-refractivity contribution is -0.132. The van der Waals surface area contributed by atoms with Crippen LogP contribution in [0.3, 0.4) is 0 Å². The predicted molar refractivity (Wildman–Crippen MR) is 89.3 cm³/mol. The van der Waals surface area contributed by atoms with E-state index in [9.17, 15) is 15.1 Å². The highest BCUT2D eigenvalue weighted by Gasteiger charge is 2.46. The van der Waals surface area contributed by atoms with Crippen LogP contribution in [0.1, 0.15) is 17.5 Å². The SMILES string of the molecule is O=C1Nc2ccccc2C1(O)C/C(=N\O)c1ccc2c(c1)OCCO2. The number of nitrogens with zero attached hydrogens (tertiary/aromatic N) is 1. The standard InChI is InChI=1S/C18H16N2O5/c21-17-18(22,12-3-1-2-4-13(12)19-17)10-14(20-23)11-5-6-15-16(9-11)25-8-7-24-15/h1-6,9,22-23H,7-8,10H2,(H,19,21)/b20-14+. The summed E-state index contributed by atoms with van der Waals surface area (Å²) in [7, 11) is 0. The average molecular weight is 340 g/mol. The second kappa shape index (κ2) is 5.78. The van der Waals surface area contributed by atoms with Crippen LogP contribution in [0.5, 0.6) is 11.5 Å². The number of nitrogens with one attached hydrogen (secondary N) is 1. The first-order valence-corrected chi connectivity index (χ1v) is 7.86. The molecule has 128 valence electrons. The Morgan fingerprint density at radius 2 is 1.92 bits per heavy atom. The van der Waals surface area contributed by atoms with Gasteiger partial charge in [-0.2, -0.15) is 0 Å². The van der Waals surface area contributed by atoms with Gasteiger partial charge in [-0.3, -0.25) is 4.79 Å². The number of carbonyl (C=O) groups is 1. The zero-order chi connectivity index (χ0) is 17.4. The fourth-order valence-corrected chi connectivity index (χ4v) is 3.14. The number of anilines is 1. The maximum atomic E-state index is 12.3. The predicted octanol–water partition coefficient (Wildman–Crippen LogP) is 1.87. The maximum Gasteiger partial charge on any atom is 0.261 e. The molecule has 0 spiro atoms. The first kappa shape index (κ1) is 15.5. The van der Waals surface area contributed by atoms with Gasteiger partial charge in [0.15, 0.2) is 17.1 Å². The molecule has 7 heteroatoms. The molecule has 0 saturated carbocycles. The molecule has 0 fully saturated rings. The van der Waals surface area contributed by atoms with Crippen molar-refractivity contribution < 1.29 is 24.6 Å². The minimum Gasteiger partial charge on any atom is -0.486 e. The third-order valence-electron chi connectivity index (χ3n) is 4.42. The summed E-state index contributed by atoms with van der Waals surface area (Å²) >= 11 is 0.